The summed E-state index contributed by atoms with van der Waals surface area (Å²) in [6, 6.07) is 6.24. The number of rotatable bonds is 2. The van der Waals surface area contributed by atoms with Crippen molar-refractivity contribution in [2.45, 2.75) is 18.9 Å². The Kier molecular flexibility index (Phi) is 2.03. The van der Waals surface area contributed by atoms with Gasteiger partial charge >= 0.3 is 0 Å². The molecule has 2 rings (SSSR count). The number of nitriles is 1. The van der Waals surface area contributed by atoms with Gasteiger partial charge in [0.1, 0.15) is 22.1 Å². The molecule has 1 aromatic rings. The van der Waals surface area contributed by atoms with Crippen molar-refractivity contribution in [2.75, 3.05) is 5.32 Å². The standard InChI is InChI=1S/C9H8N3Si/c10-5-6-1-4-8(12-9(6)13)11-7-2-3-7/h1,4,7H,2-3H2,(H,11,12). The Labute approximate surface area is 80.2 Å². The molecule has 3 radical (unpaired) electrons. The maximum atomic E-state index is 8.66. The van der Waals surface area contributed by atoms with E-state index in [0.717, 1.165) is 5.82 Å². The van der Waals surface area contributed by atoms with Gasteiger partial charge in [-0.15, -0.1) is 0 Å². The van der Waals surface area contributed by atoms with E-state index in [9.17, 15) is 0 Å². The largest absolute Gasteiger partial charge is 0.367 e. The fraction of sp³-hybridized carbons (Fsp3) is 0.333. The summed E-state index contributed by atoms with van der Waals surface area (Å²) in [5, 5.41) is 12.5. The fourth-order valence-electron chi connectivity index (χ4n) is 1.07. The maximum Gasteiger partial charge on any atom is 0.125 e. The summed E-state index contributed by atoms with van der Waals surface area (Å²) in [6.45, 7) is 0. The average Bonchev–Trinajstić information content (AvgIpc) is 2.89. The first-order valence-electron chi connectivity index (χ1n) is 4.19. The van der Waals surface area contributed by atoms with Crippen LogP contribution in [0.15, 0.2) is 12.1 Å². The zero-order valence-corrected chi connectivity index (χ0v) is 8.04. The minimum atomic E-state index is 0.568. The quantitative estimate of drug-likeness (QED) is 0.677. The van der Waals surface area contributed by atoms with Gasteiger partial charge in [-0.3, -0.25) is 0 Å². The summed E-state index contributed by atoms with van der Waals surface area (Å²) in [7, 11) is 3.30. The van der Waals surface area contributed by atoms with Gasteiger partial charge in [-0.05, 0) is 25.0 Å². The van der Waals surface area contributed by atoms with Gasteiger partial charge in [-0.25, -0.2) is 4.98 Å². The third kappa shape index (κ3) is 1.87. The Hall–Kier alpha value is -1.34. The van der Waals surface area contributed by atoms with Crippen LogP contribution >= 0.6 is 0 Å². The van der Waals surface area contributed by atoms with Gasteiger partial charge in [0.2, 0.25) is 0 Å². The van der Waals surface area contributed by atoms with E-state index < -0.39 is 0 Å². The molecule has 1 aliphatic carbocycles. The third-order valence-corrected chi connectivity index (χ3v) is 2.33. The van der Waals surface area contributed by atoms with E-state index in [2.05, 4.69) is 26.6 Å². The summed E-state index contributed by atoms with van der Waals surface area (Å²) in [4.78, 5) is 4.20. The first kappa shape index (κ1) is 8.26. The second kappa shape index (κ2) is 3.19. The number of nitrogens with zero attached hydrogens (tertiary/aromatic N) is 2. The predicted octanol–water partition coefficient (Wildman–Crippen LogP) is 0.321. The maximum absolute atomic E-state index is 8.66. The van der Waals surface area contributed by atoms with Crippen LogP contribution in [0.3, 0.4) is 0 Å². The lowest BCUT2D eigenvalue weighted by Gasteiger charge is -2.04. The summed E-state index contributed by atoms with van der Waals surface area (Å²) in [5.74, 6) is 0.839. The summed E-state index contributed by atoms with van der Waals surface area (Å²) in [5.41, 5.74) is 0.568. The molecule has 13 heavy (non-hydrogen) atoms. The van der Waals surface area contributed by atoms with Crippen LogP contribution in [0, 0.1) is 11.3 Å². The summed E-state index contributed by atoms with van der Waals surface area (Å²) >= 11 is 0. The summed E-state index contributed by atoms with van der Waals surface area (Å²) in [6.07, 6.45) is 2.44. The molecule has 1 aromatic heterocycles. The van der Waals surface area contributed by atoms with Gasteiger partial charge in [0, 0.05) is 11.4 Å². The van der Waals surface area contributed by atoms with Crippen molar-refractivity contribution >= 4 is 21.4 Å². The SMILES string of the molecule is N#Cc1ccc(NC2CC2)nc1[Si]. The Morgan fingerprint density at radius 3 is 2.85 bits per heavy atom. The van der Waals surface area contributed by atoms with Gasteiger partial charge in [0.15, 0.2) is 0 Å². The third-order valence-electron chi connectivity index (χ3n) is 1.95. The number of pyridine rings is 1. The van der Waals surface area contributed by atoms with Crippen LogP contribution in [0.1, 0.15) is 18.4 Å². The second-order valence-corrected chi connectivity index (χ2v) is 3.60. The van der Waals surface area contributed by atoms with Crippen molar-refractivity contribution in [3.05, 3.63) is 17.7 Å². The molecule has 1 N–H and O–H groups in total. The van der Waals surface area contributed by atoms with Gasteiger partial charge < -0.3 is 5.32 Å². The van der Waals surface area contributed by atoms with Crippen molar-refractivity contribution < 1.29 is 0 Å². The van der Waals surface area contributed by atoms with Crippen LogP contribution in [0.25, 0.3) is 0 Å². The van der Waals surface area contributed by atoms with E-state index in [1.807, 2.05) is 6.07 Å². The van der Waals surface area contributed by atoms with E-state index in [-0.39, 0.29) is 0 Å². The Morgan fingerprint density at radius 1 is 1.54 bits per heavy atom. The number of hydrogen-bond donors (Lipinski definition) is 1. The first-order valence-corrected chi connectivity index (χ1v) is 4.69. The van der Waals surface area contributed by atoms with Crippen molar-refractivity contribution in [3.8, 4) is 6.07 Å². The van der Waals surface area contributed by atoms with Crippen LogP contribution in [0.4, 0.5) is 5.82 Å². The van der Waals surface area contributed by atoms with Crippen LogP contribution in [0.5, 0.6) is 0 Å². The number of hydrogen-bond acceptors (Lipinski definition) is 3. The van der Waals surface area contributed by atoms with Crippen LogP contribution < -0.4 is 10.6 Å². The van der Waals surface area contributed by atoms with Crippen molar-refractivity contribution in [2.24, 2.45) is 0 Å². The first-order chi connectivity index (χ1) is 6.29. The lowest BCUT2D eigenvalue weighted by molar-refractivity contribution is 1.12. The van der Waals surface area contributed by atoms with Crippen LogP contribution in [-0.4, -0.2) is 21.3 Å². The molecule has 3 nitrogen and oxygen atoms in total. The van der Waals surface area contributed by atoms with Gasteiger partial charge in [-0.1, -0.05) is 0 Å². The minimum absolute atomic E-state index is 0.568. The Balaban J connectivity index is 2.19. The molecule has 0 saturated heterocycles. The Morgan fingerprint density at radius 2 is 2.31 bits per heavy atom. The molecule has 1 heterocycles. The van der Waals surface area contributed by atoms with Gasteiger partial charge in [0.05, 0.1) is 5.56 Å². The number of nitrogens with one attached hydrogen (secondary N) is 1. The lowest BCUT2D eigenvalue weighted by Crippen LogP contribution is -2.16. The topological polar surface area (TPSA) is 48.7 Å². The second-order valence-electron chi connectivity index (χ2n) is 3.12. The van der Waals surface area contributed by atoms with E-state index in [1.54, 1.807) is 6.07 Å². The highest BCUT2D eigenvalue weighted by molar-refractivity contribution is 6.32. The normalized spacial score (nSPS) is 15.1. The molecule has 0 bridgehead atoms. The molecule has 63 valence electrons. The van der Waals surface area contributed by atoms with E-state index in [4.69, 9.17) is 5.26 Å². The number of aromatic nitrogens is 1. The highest BCUT2D eigenvalue weighted by Gasteiger charge is 2.21. The average molecular weight is 186 g/mol. The highest BCUT2D eigenvalue weighted by Crippen LogP contribution is 2.23. The molecule has 0 spiro atoms. The van der Waals surface area contributed by atoms with E-state index in [1.165, 1.54) is 12.8 Å². The molecular weight excluding hydrogens is 178 g/mol. The van der Waals surface area contributed by atoms with Crippen molar-refractivity contribution in [1.29, 1.82) is 5.26 Å². The molecule has 0 aliphatic heterocycles. The zero-order chi connectivity index (χ0) is 9.26. The molecule has 0 amide bonds. The zero-order valence-electron chi connectivity index (χ0n) is 7.04. The van der Waals surface area contributed by atoms with Gasteiger partial charge in [0.25, 0.3) is 0 Å². The molecular formula is C9H8N3Si. The monoisotopic (exact) mass is 186 g/mol. The molecule has 0 atom stereocenters. The van der Waals surface area contributed by atoms with Gasteiger partial charge in [-0.2, -0.15) is 5.26 Å². The smallest absolute Gasteiger partial charge is 0.125 e. The highest BCUT2D eigenvalue weighted by atomic mass is 28.1. The van der Waals surface area contributed by atoms with E-state index in [0.29, 0.717) is 16.9 Å². The van der Waals surface area contributed by atoms with Crippen LogP contribution in [0.2, 0.25) is 0 Å². The van der Waals surface area contributed by atoms with Crippen LogP contribution in [-0.2, 0) is 0 Å². The molecule has 4 heteroatoms. The lowest BCUT2D eigenvalue weighted by atomic mass is 10.3. The predicted molar refractivity (Wildman–Crippen MR) is 51.0 cm³/mol. The minimum Gasteiger partial charge on any atom is -0.367 e. The Bertz CT molecular complexity index is 366. The van der Waals surface area contributed by atoms with Crippen molar-refractivity contribution in [1.82, 2.24) is 4.98 Å². The molecule has 1 fully saturated rings. The summed E-state index contributed by atoms with van der Waals surface area (Å²) < 4.78 is 0. The molecule has 0 aromatic carbocycles. The van der Waals surface area contributed by atoms with E-state index >= 15 is 0 Å². The molecule has 1 aliphatic rings. The molecule has 0 unspecified atom stereocenters. The fourth-order valence-corrected chi connectivity index (χ4v) is 1.33. The van der Waals surface area contributed by atoms with Crippen molar-refractivity contribution in [3.63, 3.8) is 0 Å². The molecule has 1 saturated carbocycles. The number of anilines is 1.